The lowest BCUT2D eigenvalue weighted by Crippen LogP contribution is -2.38. The SMILES string of the molecule is O=C(/C=C/c1ccccc1)NC(=C(Cl)Cl)[P+](c1ccccc1)(c1ccccc1)c1ccccc1. The molecule has 0 atom stereocenters. The molecular weight excluding hydrogens is 480 g/mol. The normalized spacial score (nSPS) is 11.2. The molecule has 1 N–H and O–H groups in total. The summed E-state index contributed by atoms with van der Waals surface area (Å²) in [6, 6.07) is 39.9. The van der Waals surface area contributed by atoms with Gasteiger partial charge in [-0.15, -0.1) is 0 Å². The van der Waals surface area contributed by atoms with Crippen molar-refractivity contribution in [1.82, 2.24) is 5.32 Å². The van der Waals surface area contributed by atoms with E-state index in [1.165, 1.54) is 6.08 Å². The number of carbonyl (C=O) groups excluding carboxylic acids is 1. The molecule has 0 radical (unpaired) electrons. The minimum atomic E-state index is -2.62. The average molecular weight is 503 g/mol. The van der Waals surface area contributed by atoms with Crippen LogP contribution >= 0.6 is 30.5 Å². The van der Waals surface area contributed by atoms with E-state index < -0.39 is 7.26 Å². The molecule has 0 spiro atoms. The zero-order chi connectivity index (χ0) is 23.8. The number of rotatable bonds is 7. The molecule has 0 aliphatic heterocycles. The quantitative estimate of drug-likeness (QED) is 0.229. The van der Waals surface area contributed by atoms with Crippen LogP contribution in [0.2, 0.25) is 0 Å². The summed E-state index contributed by atoms with van der Waals surface area (Å²) in [5.41, 5.74) is 1.43. The van der Waals surface area contributed by atoms with Crippen molar-refractivity contribution in [2.75, 3.05) is 0 Å². The highest BCUT2D eigenvalue weighted by Crippen LogP contribution is 2.62. The molecule has 0 saturated heterocycles. The molecule has 0 bridgehead atoms. The molecule has 0 saturated carbocycles. The summed E-state index contributed by atoms with van der Waals surface area (Å²) >= 11 is 13.1. The zero-order valence-corrected chi connectivity index (χ0v) is 20.7. The second-order valence-corrected chi connectivity index (χ2v) is 11.8. The fourth-order valence-corrected chi connectivity index (χ4v) is 8.86. The van der Waals surface area contributed by atoms with Gasteiger partial charge < -0.3 is 0 Å². The standard InChI is InChI=1S/C29H22Cl2NOP/c30-28(31)29(32-27(33)22-21-23-13-5-1-6-14-23)34(24-15-7-2-8-16-24,25-17-9-3-10-18-25)26-19-11-4-12-20-26/h1-22H/p+1/b22-21+. The highest BCUT2D eigenvalue weighted by atomic mass is 35.5. The van der Waals surface area contributed by atoms with E-state index >= 15 is 0 Å². The van der Waals surface area contributed by atoms with Gasteiger partial charge in [-0.3, -0.25) is 10.1 Å². The molecule has 34 heavy (non-hydrogen) atoms. The number of hydrogen-bond donors (Lipinski definition) is 1. The van der Waals surface area contributed by atoms with E-state index in [-0.39, 0.29) is 10.4 Å². The highest BCUT2D eigenvalue weighted by molar-refractivity contribution is 7.99. The predicted molar refractivity (Wildman–Crippen MR) is 147 cm³/mol. The van der Waals surface area contributed by atoms with E-state index in [0.29, 0.717) is 5.44 Å². The minimum Gasteiger partial charge on any atom is -0.290 e. The van der Waals surface area contributed by atoms with Crippen LogP contribution in [0.3, 0.4) is 0 Å². The van der Waals surface area contributed by atoms with Gasteiger partial charge in [0, 0.05) is 6.08 Å². The fraction of sp³-hybridized carbons (Fsp3) is 0. The summed E-state index contributed by atoms with van der Waals surface area (Å²) in [4.78, 5) is 13.1. The monoisotopic (exact) mass is 502 g/mol. The maximum absolute atomic E-state index is 13.1. The number of hydrogen-bond acceptors (Lipinski definition) is 1. The molecular formula is C29H23Cl2NOP+. The van der Waals surface area contributed by atoms with Gasteiger partial charge >= 0.3 is 0 Å². The van der Waals surface area contributed by atoms with Gasteiger partial charge in [0.15, 0.2) is 11.8 Å². The van der Waals surface area contributed by atoms with Gasteiger partial charge in [0.25, 0.3) is 5.91 Å². The lowest BCUT2D eigenvalue weighted by Gasteiger charge is -2.29. The smallest absolute Gasteiger partial charge is 0.250 e. The van der Waals surface area contributed by atoms with Gasteiger partial charge in [-0.2, -0.15) is 0 Å². The Hall–Kier alpha value is -3.16. The van der Waals surface area contributed by atoms with E-state index in [1.807, 2.05) is 84.9 Å². The molecule has 0 fully saturated rings. The molecule has 168 valence electrons. The van der Waals surface area contributed by atoms with Crippen LogP contribution in [0.5, 0.6) is 0 Å². The number of carbonyl (C=O) groups is 1. The summed E-state index contributed by atoms with van der Waals surface area (Å²) in [5.74, 6) is -0.301. The first-order chi connectivity index (χ1) is 16.6. The number of amides is 1. The maximum Gasteiger partial charge on any atom is 0.250 e. The minimum absolute atomic E-state index is 0.0337. The van der Waals surface area contributed by atoms with Crippen molar-refractivity contribution in [1.29, 1.82) is 0 Å². The Morgan fingerprint density at radius 2 is 1.00 bits per heavy atom. The first kappa shape index (κ1) is 24.0. The van der Waals surface area contributed by atoms with Crippen LogP contribution in [0.15, 0.2) is 137 Å². The van der Waals surface area contributed by atoms with E-state index in [0.717, 1.165) is 21.5 Å². The van der Waals surface area contributed by atoms with Gasteiger partial charge in [0.05, 0.1) is 0 Å². The maximum atomic E-state index is 13.1. The molecule has 0 unspecified atom stereocenters. The van der Waals surface area contributed by atoms with Crippen molar-refractivity contribution in [3.05, 3.63) is 143 Å². The third-order valence-corrected chi connectivity index (χ3v) is 10.3. The molecule has 4 aromatic carbocycles. The van der Waals surface area contributed by atoms with Gasteiger partial charge in [-0.05, 0) is 48.0 Å². The summed E-state index contributed by atoms with van der Waals surface area (Å²) < 4.78 is 0.0337. The molecule has 1 amide bonds. The lowest BCUT2D eigenvalue weighted by atomic mass is 10.2. The van der Waals surface area contributed by atoms with Crippen molar-refractivity contribution in [3.63, 3.8) is 0 Å². The summed E-state index contributed by atoms with van der Waals surface area (Å²) in [6.45, 7) is 0. The molecule has 0 heterocycles. The van der Waals surface area contributed by atoms with E-state index in [1.54, 1.807) is 6.08 Å². The van der Waals surface area contributed by atoms with Gasteiger partial charge in [0.1, 0.15) is 15.9 Å². The molecule has 4 aromatic rings. The fourth-order valence-electron chi connectivity index (χ4n) is 3.94. The Labute approximate surface area is 210 Å². The molecule has 2 nitrogen and oxygen atoms in total. The number of nitrogens with one attached hydrogen (secondary N) is 1. The summed E-state index contributed by atoms with van der Waals surface area (Å²) in [5, 5.41) is 6.17. The van der Waals surface area contributed by atoms with Gasteiger partial charge in [0.2, 0.25) is 5.44 Å². The Morgan fingerprint density at radius 3 is 1.38 bits per heavy atom. The first-order valence-electron chi connectivity index (χ1n) is 10.8. The van der Waals surface area contributed by atoms with E-state index in [4.69, 9.17) is 23.2 Å². The van der Waals surface area contributed by atoms with Crippen LogP contribution < -0.4 is 21.2 Å². The Morgan fingerprint density at radius 1 is 0.618 bits per heavy atom. The highest BCUT2D eigenvalue weighted by Gasteiger charge is 2.52. The van der Waals surface area contributed by atoms with Crippen molar-refractivity contribution in [3.8, 4) is 0 Å². The lowest BCUT2D eigenvalue weighted by molar-refractivity contribution is -0.115. The number of halogens is 2. The largest absolute Gasteiger partial charge is 0.290 e. The zero-order valence-electron chi connectivity index (χ0n) is 18.3. The van der Waals surface area contributed by atoms with E-state index in [2.05, 4.69) is 41.7 Å². The topological polar surface area (TPSA) is 29.1 Å². The van der Waals surface area contributed by atoms with Crippen molar-refractivity contribution in [2.45, 2.75) is 0 Å². The second kappa shape index (κ2) is 11.3. The molecule has 4 rings (SSSR count). The first-order valence-corrected chi connectivity index (χ1v) is 13.3. The third-order valence-electron chi connectivity index (χ3n) is 5.41. The number of benzene rings is 4. The molecule has 0 aliphatic rings. The summed E-state index contributed by atoms with van der Waals surface area (Å²) in [6.07, 6.45) is 3.27. The van der Waals surface area contributed by atoms with Crippen molar-refractivity contribution < 1.29 is 4.79 Å². The predicted octanol–water partition coefficient (Wildman–Crippen LogP) is 6.41. The summed E-state index contributed by atoms with van der Waals surface area (Å²) in [7, 11) is -2.62. The van der Waals surface area contributed by atoms with Crippen molar-refractivity contribution >= 4 is 58.4 Å². The van der Waals surface area contributed by atoms with Crippen LogP contribution in [-0.4, -0.2) is 5.91 Å². The average Bonchev–Trinajstić information content (AvgIpc) is 2.90. The molecule has 0 aromatic heterocycles. The second-order valence-electron chi connectivity index (χ2n) is 7.52. The Balaban J connectivity index is 1.90. The molecule has 5 heteroatoms. The Bertz CT molecular complexity index is 1190. The third kappa shape index (κ3) is 5.16. The van der Waals surface area contributed by atoms with Crippen LogP contribution in [0, 0.1) is 0 Å². The van der Waals surface area contributed by atoms with Gasteiger partial charge in [-0.25, -0.2) is 0 Å². The van der Waals surface area contributed by atoms with Crippen LogP contribution in [-0.2, 0) is 4.79 Å². The van der Waals surface area contributed by atoms with Crippen LogP contribution in [0.4, 0.5) is 0 Å². The van der Waals surface area contributed by atoms with Crippen LogP contribution in [0.25, 0.3) is 6.08 Å². The van der Waals surface area contributed by atoms with Gasteiger partial charge in [-0.1, -0.05) is 108 Å². The van der Waals surface area contributed by atoms with E-state index in [9.17, 15) is 4.79 Å². The van der Waals surface area contributed by atoms with Crippen molar-refractivity contribution in [2.24, 2.45) is 0 Å². The van der Waals surface area contributed by atoms with Crippen LogP contribution in [0.1, 0.15) is 5.56 Å². The molecule has 0 aliphatic carbocycles. The Kier molecular flexibility index (Phi) is 7.98.